The van der Waals surface area contributed by atoms with Gasteiger partial charge in [-0.05, 0) is 35.3 Å². The van der Waals surface area contributed by atoms with Gasteiger partial charge < -0.3 is 9.64 Å². The molecule has 32 heavy (non-hydrogen) atoms. The number of rotatable bonds is 7. The van der Waals surface area contributed by atoms with Gasteiger partial charge in [0.05, 0.1) is 6.54 Å². The summed E-state index contributed by atoms with van der Waals surface area (Å²) in [5, 5.41) is 0. The summed E-state index contributed by atoms with van der Waals surface area (Å²) in [6, 6.07) is 20.0. The van der Waals surface area contributed by atoms with Gasteiger partial charge in [0.15, 0.2) is 0 Å². The number of hydrogen-bond donors (Lipinski definition) is 0. The fourth-order valence-corrected chi connectivity index (χ4v) is 4.84. The van der Waals surface area contributed by atoms with E-state index in [1.807, 2.05) is 36.4 Å². The van der Waals surface area contributed by atoms with E-state index in [2.05, 4.69) is 51.6 Å². The van der Waals surface area contributed by atoms with Gasteiger partial charge in [-0.3, -0.25) is 4.79 Å². The molecular weight excluding hydrogens is 398 g/mol. The molecule has 0 unspecified atom stereocenters. The Balaban J connectivity index is 1.78. The third-order valence-corrected chi connectivity index (χ3v) is 6.88. The van der Waals surface area contributed by atoms with Crippen molar-refractivity contribution >= 4 is 11.9 Å². The summed E-state index contributed by atoms with van der Waals surface area (Å²) in [6.45, 7) is 12.3. The first-order valence-corrected chi connectivity index (χ1v) is 11.5. The molecule has 1 aliphatic rings. The highest BCUT2D eigenvalue weighted by atomic mass is 16.5. The number of amides is 1. The van der Waals surface area contributed by atoms with Crippen LogP contribution < -0.4 is 0 Å². The van der Waals surface area contributed by atoms with Crippen LogP contribution in [0.1, 0.15) is 58.1 Å². The van der Waals surface area contributed by atoms with Crippen molar-refractivity contribution in [3.8, 4) is 0 Å². The van der Waals surface area contributed by atoms with Crippen LogP contribution in [0.2, 0.25) is 0 Å². The Kier molecular flexibility index (Phi) is 7.55. The Hall–Kier alpha value is -2.88. The SMILES string of the molecule is C=C(C(=O)O[C@@H]1C[C@H](C)CC[C@H]1C(C)(C)c1ccccc1)N(Cc1ccccc1)C(C)=O. The summed E-state index contributed by atoms with van der Waals surface area (Å²) in [4.78, 5) is 26.9. The van der Waals surface area contributed by atoms with Crippen molar-refractivity contribution in [2.24, 2.45) is 11.8 Å². The number of carbonyl (C=O) groups excluding carboxylic acids is 2. The fraction of sp³-hybridized carbons (Fsp3) is 0.429. The lowest BCUT2D eigenvalue weighted by Gasteiger charge is -2.44. The van der Waals surface area contributed by atoms with Gasteiger partial charge in [-0.15, -0.1) is 0 Å². The summed E-state index contributed by atoms with van der Waals surface area (Å²) in [7, 11) is 0. The quantitative estimate of drug-likeness (QED) is 0.405. The first-order chi connectivity index (χ1) is 15.2. The van der Waals surface area contributed by atoms with Gasteiger partial charge in [-0.2, -0.15) is 0 Å². The van der Waals surface area contributed by atoms with Gasteiger partial charge in [-0.1, -0.05) is 94.4 Å². The van der Waals surface area contributed by atoms with Crippen molar-refractivity contribution in [2.75, 3.05) is 0 Å². The van der Waals surface area contributed by atoms with Gasteiger partial charge in [0, 0.05) is 12.8 Å². The Bertz CT molecular complexity index is 936. The van der Waals surface area contributed by atoms with E-state index in [0.717, 1.165) is 24.8 Å². The zero-order valence-electron chi connectivity index (χ0n) is 19.7. The molecule has 0 N–H and O–H groups in total. The summed E-state index contributed by atoms with van der Waals surface area (Å²) < 4.78 is 6.08. The molecule has 1 fully saturated rings. The summed E-state index contributed by atoms with van der Waals surface area (Å²) in [6.07, 6.45) is 2.71. The molecule has 1 amide bonds. The zero-order chi connectivity index (χ0) is 23.3. The minimum absolute atomic E-state index is 0.0934. The molecule has 4 heteroatoms. The van der Waals surface area contributed by atoms with E-state index < -0.39 is 5.97 Å². The topological polar surface area (TPSA) is 46.6 Å². The van der Waals surface area contributed by atoms with Crippen LogP contribution >= 0.6 is 0 Å². The molecule has 2 aromatic carbocycles. The molecule has 3 atom stereocenters. The maximum absolute atomic E-state index is 13.1. The van der Waals surface area contributed by atoms with Gasteiger partial charge in [0.1, 0.15) is 11.8 Å². The smallest absolute Gasteiger partial charge is 0.354 e. The average molecular weight is 434 g/mol. The Labute approximate surface area is 192 Å². The maximum Gasteiger partial charge on any atom is 0.354 e. The van der Waals surface area contributed by atoms with Crippen LogP contribution in [-0.4, -0.2) is 22.9 Å². The lowest BCUT2D eigenvalue weighted by Crippen LogP contribution is -2.44. The molecule has 0 radical (unpaired) electrons. The fourth-order valence-electron chi connectivity index (χ4n) is 4.84. The first-order valence-electron chi connectivity index (χ1n) is 11.5. The van der Waals surface area contributed by atoms with Crippen LogP contribution in [-0.2, 0) is 26.3 Å². The molecule has 0 bridgehead atoms. The molecule has 0 aliphatic heterocycles. The number of nitrogens with zero attached hydrogens (tertiary/aromatic N) is 1. The molecule has 0 saturated heterocycles. The van der Waals surface area contributed by atoms with Crippen LogP contribution in [0.25, 0.3) is 0 Å². The van der Waals surface area contributed by atoms with Crippen molar-refractivity contribution in [2.45, 2.75) is 65.0 Å². The van der Waals surface area contributed by atoms with E-state index in [0.29, 0.717) is 12.5 Å². The second-order valence-corrected chi connectivity index (χ2v) is 9.59. The van der Waals surface area contributed by atoms with Crippen LogP contribution in [0.5, 0.6) is 0 Å². The highest BCUT2D eigenvalue weighted by Gasteiger charge is 2.42. The molecule has 1 saturated carbocycles. The van der Waals surface area contributed by atoms with E-state index >= 15 is 0 Å². The molecule has 4 nitrogen and oxygen atoms in total. The van der Waals surface area contributed by atoms with Crippen LogP contribution in [0, 0.1) is 11.8 Å². The van der Waals surface area contributed by atoms with Crippen molar-refractivity contribution < 1.29 is 14.3 Å². The number of ether oxygens (including phenoxy) is 1. The predicted molar refractivity (Wildman–Crippen MR) is 128 cm³/mol. The summed E-state index contributed by atoms with van der Waals surface area (Å²) in [5.41, 5.74) is 2.13. The first kappa shape index (κ1) is 23.8. The van der Waals surface area contributed by atoms with E-state index in [-0.39, 0.29) is 29.0 Å². The van der Waals surface area contributed by atoms with Gasteiger partial charge in [-0.25, -0.2) is 4.79 Å². The standard InChI is InChI=1S/C28H35NO3/c1-20-16-17-25(28(4,5)24-14-10-7-11-15-24)26(18-20)32-27(31)21(2)29(22(3)30)19-23-12-8-6-9-13-23/h6-15,20,25-26H,2,16-19H2,1,3-5H3/t20-,25-,26-/m1/s1. The normalized spacial score (nSPS) is 20.9. The number of esters is 1. The largest absolute Gasteiger partial charge is 0.457 e. The molecule has 0 heterocycles. The van der Waals surface area contributed by atoms with E-state index in [1.54, 1.807) is 0 Å². The van der Waals surface area contributed by atoms with Crippen molar-refractivity contribution in [1.82, 2.24) is 4.90 Å². The van der Waals surface area contributed by atoms with E-state index in [1.165, 1.54) is 17.4 Å². The van der Waals surface area contributed by atoms with E-state index in [9.17, 15) is 9.59 Å². The monoisotopic (exact) mass is 433 g/mol. The van der Waals surface area contributed by atoms with Crippen molar-refractivity contribution in [1.29, 1.82) is 0 Å². The lowest BCUT2D eigenvalue weighted by molar-refractivity contribution is -0.155. The Morgan fingerprint density at radius 1 is 1.03 bits per heavy atom. The van der Waals surface area contributed by atoms with Gasteiger partial charge in [0.25, 0.3) is 0 Å². The second-order valence-electron chi connectivity index (χ2n) is 9.59. The lowest BCUT2D eigenvalue weighted by atomic mass is 9.64. The van der Waals surface area contributed by atoms with Crippen LogP contribution in [0.4, 0.5) is 0 Å². The minimum atomic E-state index is -0.510. The highest BCUT2D eigenvalue weighted by molar-refractivity contribution is 5.92. The van der Waals surface area contributed by atoms with Crippen molar-refractivity contribution in [3.05, 3.63) is 84.1 Å². The highest BCUT2D eigenvalue weighted by Crippen LogP contribution is 2.43. The third kappa shape index (κ3) is 5.48. The summed E-state index contributed by atoms with van der Waals surface area (Å²) in [5.74, 6) is -0.0621. The molecular formula is C28H35NO3. The van der Waals surface area contributed by atoms with Gasteiger partial charge in [0.2, 0.25) is 5.91 Å². The van der Waals surface area contributed by atoms with Crippen molar-refractivity contribution in [3.63, 3.8) is 0 Å². The number of carbonyl (C=O) groups is 2. The molecule has 3 rings (SSSR count). The second kappa shape index (κ2) is 10.2. The average Bonchev–Trinajstić information content (AvgIpc) is 2.78. The van der Waals surface area contributed by atoms with Crippen LogP contribution in [0.15, 0.2) is 72.9 Å². The molecule has 170 valence electrons. The van der Waals surface area contributed by atoms with Crippen LogP contribution in [0.3, 0.4) is 0 Å². The predicted octanol–water partition coefficient (Wildman–Crippen LogP) is 5.87. The van der Waals surface area contributed by atoms with E-state index in [4.69, 9.17) is 4.74 Å². The zero-order valence-corrected chi connectivity index (χ0v) is 19.7. The number of benzene rings is 2. The maximum atomic E-state index is 13.1. The molecule has 2 aromatic rings. The Morgan fingerprint density at radius 2 is 1.62 bits per heavy atom. The summed E-state index contributed by atoms with van der Waals surface area (Å²) >= 11 is 0. The minimum Gasteiger partial charge on any atom is -0.457 e. The molecule has 0 aromatic heterocycles. The molecule has 0 spiro atoms. The Morgan fingerprint density at radius 3 is 2.22 bits per heavy atom. The third-order valence-electron chi connectivity index (χ3n) is 6.88. The number of hydrogen-bond acceptors (Lipinski definition) is 3. The molecule has 1 aliphatic carbocycles. The van der Waals surface area contributed by atoms with Gasteiger partial charge >= 0.3 is 5.97 Å².